The van der Waals surface area contributed by atoms with Gasteiger partial charge in [-0.05, 0) is 12.3 Å². The van der Waals surface area contributed by atoms with Gasteiger partial charge in [-0.15, -0.1) is 0 Å². The molecule has 1 aliphatic heterocycles. The average Bonchev–Trinajstić information content (AvgIpc) is 2.33. The fourth-order valence-electron chi connectivity index (χ4n) is 2.53. The molecule has 19 heavy (non-hydrogen) atoms. The number of halogens is 3. The molecule has 0 radical (unpaired) electrons. The Morgan fingerprint density at radius 3 is 2.58 bits per heavy atom. The lowest BCUT2D eigenvalue weighted by atomic mass is 10.0. The minimum absolute atomic E-state index is 0.147. The molecular formula is C14H19F3N2. The van der Waals surface area contributed by atoms with E-state index in [1.807, 2.05) is 0 Å². The first kappa shape index (κ1) is 14.2. The summed E-state index contributed by atoms with van der Waals surface area (Å²) in [5.41, 5.74) is 0.147. The Labute approximate surface area is 111 Å². The molecule has 1 aromatic carbocycles. The van der Waals surface area contributed by atoms with E-state index in [-0.39, 0.29) is 11.7 Å². The molecule has 0 spiro atoms. The van der Waals surface area contributed by atoms with Crippen LogP contribution in [0.4, 0.5) is 18.9 Å². The standard InChI is InChI=1S/C14H19F3N2/c1-9(2)5-10-8-19(4-3-18-10)14-7-12(16)11(15)6-13(14)17/h6-7,9-10,18H,3-5,8H2,1-2H3. The molecule has 0 saturated carbocycles. The number of hydrogen-bond acceptors (Lipinski definition) is 2. The van der Waals surface area contributed by atoms with Crippen LogP contribution < -0.4 is 10.2 Å². The number of hydrogen-bond donors (Lipinski definition) is 1. The van der Waals surface area contributed by atoms with Gasteiger partial charge in [-0.2, -0.15) is 0 Å². The van der Waals surface area contributed by atoms with Crippen molar-refractivity contribution in [3.63, 3.8) is 0 Å². The molecular weight excluding hydrogens is 253 g/mol. The van der Waals surface area contributed by atoms with Crippen molar-refractivity contribution < 1.29 is 13.2 Å². The van der Waals surface area contributed by atoms with Gasteiger partial charge in [0.25, 0.3) is 0 Å². The summed E-state index contributed by atoms with van der Waals surface area (Å²) in [6, 6.07) is 1.81. The maximum absolute atomic E-state index is 13.7. The summed E-state index contributed by atoms with van der Waals surface area (Å²) in [6.07, 6.45) is 0.974. The first-order valence-corrected chi connectivity index (χ1v) is 6.60. The van der Waals surface area contributed by atoms with Gasteiger partial charge >= 0.3 is 0 Å². The van der Waals surface area contributed by atoms with Gasteiger partial charge in [0.15, 0.2) is 11.6 Å². The fourth-order valence-corrected chi connectivity index (χ4v) is 2.53. The largest absolute Gasteiger partial charge is 0.366 e. The number of rotatable bonds is 3. The van der Waals surface area contributed by atoms with Crippen molar-refractivity contribution in [1.82, 2.24) is 5.32 Å². The summed E-state index contributed by atoms with van der Waals surface area (Å²) in [4.78, 5) is 1.78. The van der Waals surface area contributed by atoms with Gasteiger partial charge in [0.05, 0.1) is 5.69 Å². The van der Waals surface area contributed by atoms with E-state index >= 15 is 0 Å². The molecule has 1 heterocycles. The van der Waals surface area contributed by atoms with E-state index < -0.39 is 17.5 Å². The van der Waals surface area contributed by atoms with E-state index in [9.17, 15) is 13.2 Å². The highest BCUT2D eigenvalue weighted by atomic mass is 19.2. The topological polar surface area (TPSA) is 15.3 Å². The van der Waals surface area contributed by atoms with Crippen molar-refractivity contribution in [2.75, 3.05) is 24.5 Å². The Morgan fingerprint density at radius 1 is 1.21 bits per heavy atom. The van der Waals surface area contributed by atoms with E-state index in [4.69, 9.17) is 0 Å². The van der Waals surface area contributed by atoms with Crippen LogP contribution in [-0.2, 0) is 0 Å². The molecule has 0 bridgehead atoms. The monoisotopic (exact) mass is 272 g/mol. The molecule has 1 aliphatic rings. The lowest BCUT2D eigenvalue weighted by Gasteiger charge is -2.36. The van der Waals surface area contributed by atoms with Crippen LogP contribution >= 0.6 is 0 Å². The van der Waals surface area contributed by atoms with E-state index in [1.165, 1.54) is 0 Å². The second-order valence-corrected chi connectivity index (χ2v) is 5.44. The maximum Gasteiger partial charge on any atom is 0.161 e. The zero-order valence-corrected chi connectivity index (χ0v) is 11.2. The highest BCUT2D eigenvalue weighted by molar-refractivity contribution is 5.49. The first-order valence-electron chi connectivity index (χ1n) is 6.60. The summed E-state index contributed by atoms with van der Waals surface area (Å²) < 4.78 is 39.9. The van der Waals surface area contributed by atoms with E-state index in [2.05, 4.69) is 19.2 Å². The third-order valence-electron chi connectivity index (χ3n) is 3.34. The Kier molecular flexibility index (Phi) is 4.34. The number of nitrogens with one attached hydrogen (secondary N) is 1. The normalized spacial score (nSPS) is 20.1. The summed E-state index contributed by atoms with van der Waals surface area (Å²) in [5, 5.41) is 3.36. The molecule has 1 fully saturated rings. The number of anilines is 1. The van der Waals surface area contributed by atoms with Crippen molar-refractivity contribution in [2.45, 2.75) is 26.3 Å². The number of nitrogens with zero attached hydrogens (tertiary/aromatic N) is 1. The molecule has 5 heteroatoms. The third-order valence-corrected chi connectivity index (χ3v) is 3.34. The summed E-state index contributed by atoms with van der Waals surface area (Å²) in [6.45, 7) is 6.17. The number of piperazine rings is 1. The quantitative estimate of drug-likeness (QED) is 0.851. The molecule has 0 amide bonds. The minimum atomic E-state index is -1.14. The zero-order valence-electron chi connectivity index (χ0n) is 11.2. The first-order chi connectivity index (χ1) is 8.97. The lowest BCUT2D eigenvalue weighted by Crippen LogP contribution is -2.51. The molecule has 0 aromatic heterocycles. The molecule has 1 N–H and O–H groups in total. The number of benzene rings is 1. The summed E-state index contributed by atoms with van der Waals surface area (Å²) in [7, 11) is 0. The van der Waals surface area contributed by atoms with Crippen LogP contribution in [0.2, 0.25) is 0 Å². The molecule has 2 rings (SSSR count). The second kappa shape index (κ2) is 5.82. The van der Waals surface area contributed by atoms with Crippen LogP contribution in [0.3, 0.4) is 0 Å². The minimum Gasteiger partial charge on any atom is -0.366 e. The van der Waals surface area contributed by atoms with Crippen LogP contribution in [0.5, 0.6) is 0 Å². The van der Waals surface area contributed by atoms with Crippen molar-refractivity contribution in [3.05, 3.63) is 29.6 Å². The van der Waals surface area contributed by atoms with E-state index in [0.29, 0.717) is 25.1 Å². The van der Waals surface area contributed by atoms with Gasteiger partial charge in [-0.3, -0.25) is 0 Å². The molecule has 0 aliphatic carbocycles. The lowest BCUT2D eigenvalue weighted by molar-refractivity contribution is 0.385. The van der Waals surface area contributed by atoms with Crippen LogP contribution in [-0.4, -0.2) is 25.7 Å². The maximum atomic E-state index is 13.7. The van der Waals surface area contributed by atoms with Crippen molar-refractivity contribution in [1.29, 1.82) is 0 Å². The van der Waals surface area contributed by atoms with Crippen LogP contribution in [0.15, 0.2) is 12.1 Å². The van der Waals surface area contributed by atoms with Gasteiger partial charge in [-0.25, -0.2) is 13.2 Å². The predicted octanol–water partition coefficient (Wildman–Crippen LogP) is 2.93. The van der Waals surface area contributed by atoms with Crippen LogP contribution in [0, 0.1) is 23.4 Å². The highest BCUT2D eigenvalue weighted by Gasteiger charge is 2.23. The predicted molar refractivity (Wildman–Crippen MR) is 69.8 cm³/mol. The average molecular weight is 272 g/mol. The van der Waals surface area contributed by atoms with Crippen molar-refractivity contribution >= 4 is 5.69 Å². The molecule has 1 aromatic rings. The third kappa shape index (κ3) is 3.41. The molecule has 1 saturated heterocycles. The van der Waals surface area contributed by atoms with E-state index in [1.54, 1.807) is 4.90 Å². The molecule has 2 nitrogen and oxygen atoms in total. The second-order valence-electron chi connectivity index (χ2n) is 5.44. The SMILES string of the molecule is CC(C)CC1CN(c2cc(F)c(F)cc2F)CCN1. The molecule has 1 atom stereocenters. The van der Waals surface area contributed by atoms with Crippen molar-refractivity contribution in [2.24, 2.45) is 5.92 Å². The zero-order chi connectivity index (χ0) is 14.0. The van der Waals surface area contributed by atoms with E-state index in [0.717, 1.165) is 19.0 Å². The molecule has 1 unspecified atom stereocenters. The van der Waals surface area contributed by atoms with Crippen LogP contribution in [0.25, 0.3) is 0 Å². The Morgan fingerprint density at radius 2 is 1.89 bits per heavy atom. The smallest absolute Gasteiger partial charge is 0.161 e. The van der Waals surface area contributed by atoms with Gasteiger partial charge < -0.3 is 10.2 Å². The van der Waals surface area contributed by atoms with Gasteiger partial charge in [0.2, 0.25) is 0 Å². The van der Waals surface area contributed by atoms with Gasteiger partial charge in [0.1, 0.15) is 5.82 Å². The van der Waals surface area contributed by atoms with Gasteiger partial charge in [-0.1, -0.05) is 13.8 Å². The Bertz CT molecular complexity index is 449. The van der Waals surface area contributed by atoms with Crippen LogP contribution in [0.1, 0.15) is 20.3 Å². The summed E-state index contributed by atoms with van der Waals surface area (Å²) in [5.74, 6) is -2.32. The fraction of sp³-hybridized carbons (Fsp3) is 0.571. The van der Waals surface area contributed by atoms with Crippen molar-refractivity contribution in [3.8, 4) is 0 Å². The Hall–Kier alpha value is -1.23. The highest BCUT2D eigenvalue weighted by Crippen LogP contribution is 2.24. The van der Waals surface area contributed by atoms with Gasteiger partial charge in [0, 0.05) is 37.8 Å². The summed E-state index contributed by atoms with van der Waals surface area (Å²) >= 11 is 0. The Balaban J connectivity index is 2.15. The molecule has 106 valence electrons.